The van der Waals surface area contributed by atoms with E-state index in [2.05, 4.69) is 5.32 Å². The molecule has 0 atom stereocenters. The third-order valence-electron chi connectivity index (χ3n) is 2.25. The van der Waals surface area contributed by atoms with E-state index in [1.807, 2.05) is 19.9 Å². The van der Waals surface area contributed by atoms with Crippen LogP contribution in [0.4, 0.5) is 5.69 Å². The molecule has 0 heterocycles. The van der Waals surface area contributed by atoms with Crippen LogP contribution in [0.1, 0.15) is 25.8 Å². The molecule has 0 bridgehead atoms. The fourth-order valence-corrected chi connectivity index (χ4v) is 2.35. The Labute approximate surface area is 118 Å². The molecule has 3 N–H and O–H groups in total. The minimum Gasteiger partial charge on any atom is -0.326 e. The van der Waals surface area contributed by atoms with E-state index in [1.165, 1.54) is 0 Å². The second kappa shape index (κ2) is 7.17. The summed E-state index contributed by atoms with van der Waals surface area (Å²) < 4.78 is 0. The maximum atomic E-state index is 11.7. The SMILES string of the molecule is CC(C)(N)CSCCC(=O)Nc1ccc(C#N)cc1. The Balaban J connectivity index is 2.29. The molecule has 1 amide bonds. The summed E-state index contributed by atoms with van der Waals surface area (Å²) in [5, 5.41) is 11.5. The first-order chi connectivity index (χ1) is 8.90. The lowest BCUT2D eigenvalue weighted by Crippen LogP contribution is -2.34. The summed E-state index contributed by atoms with van der Waals surface area (Å²) in [6.07, 6.45) is 0.459. The molecule has 5 heteroatoms. The molecule has 1 aromatic rings. The Bertz CT molecular complexity index is 457. The summed E-state index contributed by atoms with van der Waals surface area (Å²) in [7, 11) is 0. The number of benzene rings is 1. The Kier molecular flexibility index (Phi) is 5.87. The summed E-state index contributed by atoms with van der Waals surface area (Å²) in [5.74, 6) is 1.56. The van der Waals surface area contributed by atoms with Crippen LogP contribution in [0.5, 0.6) is 0 Å². The Morgan fingerprint density at radius 3 is 2.58 bits per heavy atom. The van der Waals surface area contributed by atoms with Crippen LogP contribution >= 0.6 is 11.8 Å². The lowest BCUT2D eigenvalue weighted by Gasteiger charge is -2.17. The topological polar surface area (TPSA) is 78.9 Å². The number of nitriles is 1. The maximum Gasteiger partial charge on any atom is 0.225 e. The van der Waals surface area contributed by atoms with E-state index in [-0.39, 0.29) is 11.4 Å². The van der Waals surface area contributed by atoms with Crippen LogP contribution in [0, 0.1) is 11.3 Å². The molecule has 0 radical (unpaired) electrons. The number of amides is 1. The Morgan fingerprint density at radius 1 is 1.42 bits per heavy atom. The smallest absolute Gasteiger partial charge is 0.225 e. The van der Waals surface area contributed by atoms with Crippen molar-refractivity contribution in [3.63, 3.8) is 0 Å². The van der Waals surface area contributed by atoms with Gasteiger partial charge in [0.25, 0.3) is 0 Å². The predicted octanol–water partition coefficient (Wildman–Crippen LogP) is 2.36. The van der Waals surface area contributed by atoms with E-state index in [9.17, 15) is 4.79 Å². The van der Waals surface area contributed by atoms with Crippen molar-refractivity contribution in [2.24, 2.45) is 5.73 Å². The summed E-state index contributed by atoms with van der Waals surface area (Å²) in [4.78, 5) is 11.7. The van der Waals surface area contributed by atoms with Crippen molar-refractivity contribution in [3.8, 4) is 6.07 Å². The zero-order chi connectivity index (χ0) is 14.3. The van der Waals surface area contributed by atoms with Gasteiger partial charge in [-0.15, -0.1) is 0 Å². The van der Waals surface area contributed by atoms with E-state index in [1.54, 1.807) is 36.0 Å². The molecule has 0 saturated carbocycles. The molecule has 4 nitrogen and oxygen atoms in total. The zero-order valence-corrected chi connectivity index (χ0v) is 12.1. The van der Waals surface area contributed by atoms with E-state index in [0.29, 0.717) is 17.7 Å². The van der Waals surface area contributed by atoms with Crippen molar-refractivity contribution in [1.29, 1.82) is 5.26 Å². The summed E-state index contributed by atoms with van der Waals surface area (Å²) in [5.41, 5.74) is 6.95. The highest BCUT2D eigenvalue weighted by atomic mass is 32.2. The number of anilines is 1. The fraction of sp³-hybridized carbons (Fsp3) is 0.429. The molecule has 0 spiro atoms. The molecule has 1 aromatic carbocycles. The van der Waals surface area contributed by atoms with Gasteiger partial charge in [0.1, 0.15) is 0 Å². The standard InChI is InChI=1S/C14H19N3OS/c1-14(2,16)10-19-8-7-13(18)17-12-5-3-11(9-15)4-6-12/h3-6H,7-8,10,16H2,1-2H3,(H,17,18). The monoisotopic (exact) mass is 277 g/mol. The minimum atomic E-state index is -0.200. The highest BCUT2D eigenvalue weighted by Gasteiger charge is 2.10. The molecule has 0 aromatic heterocycles. The second-order valence-electron chi connectivity index (χ2n) is 5.03. The maximum absolute atomic E-state index is 11.7. The molecule has 102 valence electrons. The van der Waals surface area contributed by atoms with Gasteiger partial charge in [0.2, 0.25) is 5.91 Å². The van der Waals surface area contributed by atoms with Gasteiger partial charge in [0.05, 0.1) is 11.6 Å². The highest BCUT2D eigenvalue weighted by Crippen LogP contribution is 2.12. The lowest BCUT2D eigenvalue weighted by atomic mass is 10.1. The van der Waals surface area contributed by atoms with E-state index in [0.717, 1.165) is 11.5 Å². The third kappa shape index (κ3) is 6.85. The number of nitrogens with zero attached hydrogens (tertiary/aromatic N) is 1. The molecule has 0 fully saturated rings. The van der Waals surface area contributed by atoms with Gasteiger partial charge >= 0.3 is 0 Å². The van der Waals surface area contributed by atoms with Crippen LogP contribution in [0.25, 0.3) is 0 Å². The van der Waals surface area contributed by atoms with Crippen molar-refractivity contribution < 1.29 is 4.79 Å². The molecule has 1 rings (SSSR count). The van der Waals surface area contributed by atoms with Crippen LogP contribution in [0.15, 0.2) is 24.3 Å². The summed E-state index contributed by atoms with van der Waals surface area (Å²) >= 11 is 1.68. The molecule has 0 saturated heterocycles. The van der Waals surface area contributed by atoms with Gasteiger partial charge in [-0.1, -0.05) is 0 Å². The Hall–Kier alpha value is -1.51. The number of nitrogens with one attached hydrogen (secondary N) is 1. The van der Waals surface area contributed by atoms with Crippen LogP contribution in [0.2, 0.25) is 0 Å². The number of rotatable bonds is 6. The van der Waals surface area contributed by atoms with Gasteiger partial charge in [-0.2, -0.15) is 17.0 Å². The van der Waals surface area contributed by atoms with Gasteiger partial charge in [-0.25, -0.2) is 0 Å². The number of carbonyl (C=O) groups excluding carboxylic acids is 1. The summed E-state index contributed by atoms with van der Waals surface area (Å²) in [6.45, 7) is 3.94. The normalized spacial score (nSPS) is 10.8. The number of nitrogens with two attached hydrogens (primary N) is 1. The zero-order valence-electron chi connectivity index (χ0n) is 11.3. The van der Waals surface area contributed by atoms with Crippen molar-refractivity contribution >= 4 is 23.4 Å². The van der Waals surface area contributed by atoms with E-state index in [4.69, 9.17) is 11.0 Å². The predicted molar refractivity (Wildman–Crippen MR) is 80.0 cm³/mol. The van der Waals surface area contributed by atoms with Gasteiger partial charge in [0.15, 0.2) is 0 Å². The fourth-order valence-electron chi connectivity index (χ4n) is 1.35. The molecule has 19 heavy (non-hydrogen) atoms. The first-order valence-corrected chi connectivity index (χ1v) is 7.23. The molecular weight excluding hydrogens is 258 g/mol. The first kappa shape index (κ1) is 15.5. The molecular formula is C14H19N3OS. The van der Waals surface area contributed by atoms with Crippen LogP contribution in [-0.2, 0) is 4.79 Å². The average Bonchev–Trinajstić information content (AvgIpc) is 2.34. The van der Waals surface area contributed by atoms with Crippen LogP contribution in [-0.4, -0.2) is 23.0 Å². The van der Waals surface area contributed by atoms with Crippen molar-refractivity contribution in [1.82, 2.24) is 0 Å². The number of hydrogen-bond acceptors (Lipinski definition) is 4. The van der Waals surface area contributed by atoms with E-state index < -0.39 is 0 Å². The highest BCUT2D eigenvalue weighted by molar-refractivity contribution is 7.99. The number of thioether (sulfide) groups is 1. The van der Waals surface area contributed by atoms with Crippen LogP contribution in [0.3, 0.4) is 0 Å². The lowest BCUT2D eigenvalue weighted by molar-refractivity contribution is -0.115. The number of hydrogen-bond donors (Lipinski definition) is 2. The molecule has 0 aliphatic carbocycles. The van der Waals surface area contributed by atoms with Crippen molar-refractivity contribution in [2.45, 2.75) is 25.8 Å². The average molecular weight is 277 g/mol. The third-order valence-corrected chi connectivity index (χ3v) is 3.69. The van der Waals surface area contributed by atoms with Crippen LogP contribution < -0.4 is 11.1 Å². The van der Waals surface area contributed by atoms with Crippen molar-refractivity contribution in [3.05, 3.63) is 29.8 Å². The minimum absolute atomic E-state index is 0.0213. The summed E-state index contributed by atoms with van der Waals surface area (Å²) in [6, 6.07) is 8.86. The largest absolute Gasteiger partial charge is 0.326 e. The first-order valence-electron chi connectivity index (χ1n) is 6.07. The van der Waals surface area contributed by atoms with Gasteiger partial charge in [-0.05, 0) is 38.1 Å². The Morgan fingerprint density at radius 2 is 2.05 bits per heavy atom. The molecule has 0 aliphatic rings. The van der Waals surface area contributed by atoms with E-state index >= 15 is 0 Å². The quantitative estimate of drug-likeness (QED) is 0.782. The molecule has 0 aliphatic heterocycles. The molecule has 0 unspecified atom stereocenters. The van der Waals surface area contributed by atoms with Crippen molar-refractivity contribution in [2.75, 3.05) is 16.8 Å². The van der Waals surface area contributed by atoms with Gasteiger partial charge in [-0.3, -0.25) is 4.79 Å². The second-order valence-corrected chi connectivity index (χ2v) is 6.13. The van der Waals surface area contributed by atoms with Gasteiger partial charge in [0, 0.05) is 29.2 Å². The van der Waals surface area contributed by atoms with Gasteiger partial charge < -0.3 is 11.1 Å². The number of carbonyl (C=O) groups is 1.